The molecule has 0 amide bonds. The maximum atomic E-state index is 12.8. The van der Waals surface area contributed by atoms with Gasteiger partial charge in [0.1, 0.15) is 17.1 Å². The fourth-order valence-corrected chi connectivity index (χ4v) is 2.84. The Bertz CT molecular complexity index is 951. The molecule has 24 heavy (non-hydrogen) atoms. The van der Waals surface area contributed by atoms with Gasteiger partial charge in [0.2, 0.25) is 6.10 Å². The Morgan fingerprint density at radius 3 is 2.58 bits per heavy atom. The van der Waals surface area contributed by atoms with E-state index in [4.69, 9.17) is 9.15 Å². The van der Waals surface area contributed by atoms with E-state index in [1.54, 1.807) is 6.07 Å². The number of fused-ring (bicyclic) bond motifs is 2. The van der Waals surface area contributed by atoms with Crippen LogP contribution in [0.5, 0.6) is 5.75 Å². The van der Waals surface area contributed by atoms with Gasteiger partial charge in [0.25, 0.3) is 0 Å². The van der Waals surface area contributed by atoms with Crippen LogP contribution in [0.2, 0.25) is 0 Å². The van der Waals surface area contributed by atoms with Crippen molar-refractivity contribution in [3.8, 4) is 17.1 Å². The zero-order chi connectivity index (χ0) is 16.9. The predicted molar refractivity (Wildman–Crippen MR) is 85.9 cm³/mol. The Hall–Kier alpha value is -2.69. The molecule has 1 unspecified atom stereocenters. The number of furan rings is 1. The fraction of sp³-hybridized carbons (Fsp3) is 0.158. The van der Waals surface area contributed by atoms with Crippen molar-refractivity contribution in [1.29, 1.82) is 0 Å². The SMILES string of the molecule is Cc1ccccc1-c1cc2cc3c(cc2o1)OC(C(F)(F)F)C=C3. The van der Waals surface area contributed by atoms with Crippen molar-refractivity contribution in [1.82, 2.24) is 0 Å². The number of aryl methyl sites for hydroxylation is 1. The number of alkyl halides is 3. The second kappa shape index (κ2) is 5.16. The Morgan fingerprint density at radius 2 is 1.83 bits per heavy atom. The Morgan fingerprint density at radius 1 is 1.04 bits per heavy atom. The summed E-state index contributed by atoms with van der Waals surface area (Å²) in [5, 5.41) is 0.825. The summed E-state index contributed by atoms with van der Waals surface area (Å²) in [5.74, 6) is 0.861. The third kappa shape index (κ3) is 2.46. The second-order valence-corrected chi connectivity index (χ2v) is 5.79. The first-order valence-electron chi connectivity index (χ1n) is 7.47. The van der Waals surface area contributed by atoms with Crippen molar-refractivity contribution in [2.75, 3.05) is 0 Å². The molecule has 0 saturated carbocycles. The minimum atomic E-state index is -4.43. The van der Waals surface area contributed by atoms with Gasteiger partial charge in [0.05, 0.1) is 0 Å². The summed E-state index contributed by atoms with van der Waals surface area (Å²) in [7, 11) is 0. The van der Waals surface area contributed by atoms with E-state index in [-0.39, 0.29) is 5.75 Å². The largest absolute Gasteiger partial charge is 0.476 e. The molecule has 1 aliphatic rings. The van der Waals surface area contributed by atoms with E-state index < -0.39 is 12.3 Å². The molecule has 0 fully saturated rings. The molecule has 0 aliphatic carbocycles. The van der Waals surface area contributed by atoms with E-state index in [0.717, 1.165) is 22.6 Å². The van der Waals surface area contributed by atoms with Gasteiger partial charge in [-0.15, -0.1) is 0 Å². The van der Waals surface area contributed by atoms with Gasteiger partial charge in [-0.25, -0.2) is 0 Å². The lowest BCUT2D eigenvalue weighted by Crippen LogP contribution is -2.33. The van der Waals surface area contributed by atoms with Crippen LogP contribution in [0.15, 0.2) is 53.0 Å². The van der Waals surface area contributed by atoms with Crippen LogP contribution >= 0.6 is 0 Å². The number of benzene rings is 2. The van der Waals surface area contributed by atoms with Gasteiger partial charge >= 0.3 is 6.18 Å². The van der Waals surface area contributed by atoms with E-state index >= 15 is 0 Å². The van der Waals surface area contributed by atoms with Crippen LogP contribution in [0.3, 0.4) is 0 Å². The first-order valence-corrected chi connectivity index (χ1v) is 7.47. The molecular formula is C19H13F3O2. The fourth-order valence-electron chi connectivity index (χ4n) is 2.84. The van der Waals surface area contributed by atoms with Crippen molar-refractivity contribution in [2.24, 2.45) is 0 Å². The number of ether oxygens (including phenoxy) is 1. The molecule has 1 aromatic heterocycles. The first kappa shape index (κ1) is 14.9. The lowest BCUT2D eigenvalue weighted by molar-refractivity contribution is -0.180. The molecule has 2 heterocycles. The van der Waals surface area contributed by atoms with Crippen LogP contribution in [0.25, 0.3) is 28.4 Å². The van der Waals surface area contributed by atoms with Gasteiger partial charge in [-0.3, -0.25) is 0 Å². The summed E-state index contributed by atoms with van der Waals surface area (Å²) < 4.78 is 49.4. The monoisotopic (exact) mass is 330 g/mol. The number of hydrogen-bond acceptors (Lipinski definition) is 2. The molecule has 0 bridgehead atoms. The van der Waals surface area contributed by atoms with Crippen molar-refractivity contribution in [3.63, 3.8) is 0 Å². The lowest BCUT2D eigenvalue weighted by Gasteiger charge is -2.23. The van der Waals surface area contributed by atoms with E-state index in [2.05, 4.69) is 0 Å². The molecule has 1 atom stereocenters. The standard InChI is InChI=1S/C19H13F3O2/c1-11-4-2-3-5-14(11)17-9-13-8-12-6-7-18(19(20,21)22)24-15(12)10-16(13)23-17/h2-10,18H,1H3. The van der Waals surface area contributed by atoms with Gasteiger partial charge < -0.3 is 9.15 Å². The van der Waals surface area contributed by atoms with Gasteiger partial charge in [-0.05, 0) is 30.7 Å². The molecule has 2 aromatic carbocycles. The quantitative estimate of drug-likeness (QED) is 0.567. The minimum Gasteiger partial charge on any atom is -0.476 e. The molecule has 3 aromatic rings. The molecule has 4 rings (SSSR count). The second-order valence-electron chi connectivity index (χ2n) is 5.79. The molecule has 1 aliphatic heterocycles. The lowest BCUT2D eigenvalue weighted by atomic mass is 10.0. The highest BCUT2D eigenvalue weighted by Gasteiger charge is 2.41. The van der Waals surface area contributed by atoms with Crippen LogP contribution in [-0.4, -0.2) is 12.3 Å². The highest BCUT2D eigenvalue weighted by Crippen LogP contribution is 2.38. The average Bonchev–Trinajstić information content (AvgIpc) is 2.94. The smallest absolute Gasteiger partial charge is 0.429 e. The van der Waals surface area contributed by atoms with Crippen LogP contribution in [0, 0.1) is 6.92 Å². The average molecular weight is 330 g/mol. The van der Waals surface area contributed by atoms with Crippen molar-refractivity contribution in [3.05, 3.63) is 59.7 Å². The third-order valence-electron chi connectivity index (χ3n) is 4.09. The Kier molecular flexibility index (Phi) is 3.20. The third-order valence-corrected chi connectivity index (χ3v) is 4.09. The maximum Gasteiger partial charge on any atom is 0.429 e. The van der Waals surface area contributed by atoms with Crippen LogP contribution < -0.4 is 4.74 Å². The minimum absolute atomic E-state index is 0.179. The van der Waals surface area contributed by atoms with Gasteiger partial charge in [0.15, 0.2) is 0 Å². The summed E-state index contributed by atoms with van der Waals surface area (Å²) >= 11 is 0. The van der Waals surface area contributed by atoms with E-state index in [9.17, 15) is 13.2 Å². The molecule has 0 spiro atoms. The Labute approximate surface area is 136 Å². The molecule has 0 saturated heterocycles. The number of hydrogen-bond donors (Lipinski definition) is 0. The molecule has 5 heteroatoms. The molecule has 0 radical (unpaired) electrons. The number of rotatable bonds is 1. The zero-order valence-electron chi connectivity index (χ0n) is 12.7. The highest BCUT2D eigenvalue weighted by atomic mass is 19.4. The highest BCUT2D eigenvalue weighted by molar-refractivity contribution is 5.87. The Balaban J connectivity index is 1.79. The van der Waals surface area contributed by atoms with E-state index in [1.165, 1.54) is 12.1 Å². The topological polar surface area (TPSA) is 22.4 Å². The summed E-state index contributed by atoms with van der Waals surface area (Å²) in [6.45, 7) is 1.98. The summed E-state index contributed by atoms with van der Waals surface area (Å²) in [6, 6.07) is 13.0. The zero-order valence-corrected chi connectivity index (χ0v) is 12.7. The molecule has 2 nitrogen and oxygen atoms in total. The van der Waals surface area contributed by atoms with Crippen LogP contribution in [-0.2, 0) is 0 Å². The summed E-state index contributed by atoms with van der Waals surface area (Å²) in [4.78, 5) is 0. The van der Waals surface area contributed by atoms with Crippen molar-refractivity contribution >= 4 is 17.0 Å². The van der Waals surface area contributed by atoms with Crippen molar-refractivity contribution < 1.29 is 22.3 Å². The summed E-state index contributed by atoms with van der Waals surface area (Å²) in [5.41, 5.74) is 3.13. The number of halogens is 3. The first-order chi connectivity index (χ1) is 11.4. The molecule has 122 valence electrons. The van der Waals surface area contributed by atoms with Crippen LogP contribution in [0.1, 0.15) is 11.1 Å². The molecule has 0 N–H and O–H groups in total. The predicted octanol–water partition coefficient (Wildman–Crippen LogP) is 5.74. The maximum absolute atomic E-state index is 12.8. The van der Waals surface area contributed by atoms with Gasteiger partial charge in [-0.2, -0.15) is 13.2 Å². The van der Waals surface area contributed by atoms with E-state index in [0.29, 0.717) is 16.9 Å². The van der Waals surface area contributed by atoms with Gasteiger partial charge in [-0.1, -0.05) is 30.3 Å². The van der Waals surface area contributed by atoms with Crippen LogP contribution in [0.4, 0.5) is 13.2 Å². The van der Waals surface area contributed by atoms with Crippen molar-refractivity contribution in [2.45, 2.75) is 19.2 Å². The van der Waals surface area contributed by atoms with E-state index in [1.807, 2.05) is 37.3 Å². The normalized spacial score (nSPS) is 16.9. The van der Waals surface area contributed by atoms with Gasteiger partial charge in [0, 0.05) is 22.6 Å². The molecular weight excluding hydrogens is 317 g/mol. The summed E-state index contributed by atoms with van der Waals surface area (Å²) in [6.07, 6.45) is -3.89.